The minimum Gasteiger partial charge on any atom is -0.488 e. The molecule has 0 saturated carbocycles. The highest BCUT2D eigenvalue weighted by atomic mass is 16.5. The lowest BCUT2D eigenvalue weighted by Gasteiger charge is -2.34. The maximum atomic E-state index is 11.8. The Bertz CT molecular complexity index is 996. The number of aryl methyl sites for hydroxylation is 2. The molecule has 0 spiro atoms. The van der Waals surface area contributed by atoms with Gasteiger partial charge in [-0.3, -0.25) is 9.59 Å². The fourth-order valence-corrected chi connectivity index (χ4v) is 4.39. The molecule has 7 nitrogen and oxygen atoms in total. The van der Waals surface area contributed by atoms with Crippen molar-refractivity contribution in [1.29, 1.82) is 0 Å². The van der Waals surface area contributed by atoms with Crippen molar-refractivity contribution in [3.63, 3.8) is 0 Å². The monoisotopic (exact) mass is 392 g/mol. The molecule has 5 rings (SSSR count). The fourth-order valence-electron chi connectivity index (χ4n) is 4.39. The van der Waals surface area contributed by atoms with E-state index in [2.05, 4.69) is 15.5 Å². The lowest BCUT2D eigenvalue weighted by molar-refractivity contribution is -0.116. The zero-order valence-electron chi connectivity index (χ0n) is 16.5. The minimum absolute atomic E-state index is 0.0347. The van der Waals surface area contributed by atoms with Gasteiger partial charge in [-0.25, -0.2) is 4.98 Å². The van der Waals surface area contributed by atoms with Crippen LogP contribution in [0.25, 0.3) is 0 Å². The number of amides is 2. The van der Waals surface area contributed by atoms with Crippen molar-refractivity contribution in [2.75, 3.05) is 23.3 Å². The third-order valence-corrected chi connectivity index (χ3v) is 5.96. The quantitative estimate of drug-likeness (QED) is 0.839. The Kier molecular flexibility index (Phi) is 4.38. The highest BCUT2D eigenvalue weighted by molar-refractivity contribution is 5.98. The van der Waals surface area contributed by atoms with Crippen LogP contribution in [-0.2, 0) is 17.8 Å². The lowest BCUT2D eigenvalue weighted by Crippen LogP contribution is -2.39. The largest absolute Gasteiger partial charge is 0.488 e. The van der Waals surface area contributed by atoms with Gasteiger partial charge in [0, 0.05) is 32.4 Å². The highest BCUT2D eigenvalue weighted by Crippen LogP contribution is 2.34. The lowest BCUT2D eigenvalue weighted by atomic mass is 10.0. The predicted octanol–water partition coefficient (Wildman–Crippen LogP) is 2.57. The van der Waals surface area contributed by atoms with E-state index in [1.54, 1.807) is 0 Å². The molecule has 0 unspecified atom stereocenters. The number of nitrogens with zero attached hydrogens (tertiary/aromatic N) is 2. The fraction of sp³-hybridized carbons (Fsp3) is 0.409. The van der Waals surface area contributed by atoms with Crippen LogP contribution in [0.5, 0.6) is 5.75 Å². The number of piperidine rings is 1. The number of fused-ring (bicyclic) bond motifs is 2. The zero-order chi connectivity index (χ0) is 20.0. The molecule has 3 aliphatic heterocycles. The average molecular weight is 392 g/mol. The summed E-state index contributed by atoms with van der Waals surface area (Å²) < 4.78 is 6.29. The molecule has 3 aliphatic rings. The standard InChI is InChI=1S/C22H24N4O3/c1-13-11-16-17(12-23-22(16)28)24-21(13)26-9-7-15(8-10-26)29-18-4-2-3-14-5-6-19(27)25-20(14)18/h2-4,11,15H,5-10,12H2,1H3,(H,23,28)(H,25,27). The van der Waals surface area contributed by atoms with Gasteiger partial charge in [0.05, 0.1) is 23.5 Å². The molecule has 29 heavy (non-hydrogen) atoms. The number of rotatable bonds is 3. The molecule has 4 heterocycles. The summed E-state index contributed by atoms with van der Waals surface area (Å²) in [4.78, 5) is 30.7. The molecule has 2 amide bonds. The molecular weight excluding hydrogens is 368 g/mol. The first-order valence-corrected chi connectivity index (χ1v) is 10.2. The average Bonchev–Trinajstić information content (AvgIpc) is 3.08. The normalized spacial score (nSPS) is 18.7. The van der Waals surface area contributed by atoms with Crippen LogP contribution in [0.3, 0.4) is 0 Å². The number of hydrogen-bond donors (Lipinski definition) is 2. The second-order valence-corrected chi connectivity index (χ2v) is 7.95. The number of carbonyl (C=O) groups excluding carboxylic acids is 2. The van der Waals surface area contributed by atoms with Crippen LogP contribution in [0, 0.1) is 6.92 Å². The smallest absolute Gasteiger partial charge is 0.253 e. The van der Waals surface area contributed by atoms with Gasteiger partial charge >= 0.3 is 0 Å². The first-order chi connectivity index (χ1) is 14.1. The molecule has 0 aliphatic carbocycles. The van der Waals surface area contributed by atoms with E-state index in [1.807, 2.05) is 31.2 Å². The van der Waals surface area contributed by atoms with Crippen molar-refractivity contribution in [2.24, 2.45) is 0 Å². The molecular formula is C22H24N4O3. The van der Waals surface area contributed by atoms with Crippen molar-refractivity contribution < 1.29 is 14.3 Å². The molecule has 1 fully saturated rings. The molecule has 7 heteroatoms. The summed E-state index contributed by atoms with van der Waals surface area (Å²) in [6.45, 7) is 4.21. The Balaban J connectivity index is 1.28. The summed E-state index contributed by atoms with van der Waals surface area (Å²) in [5.74, 6) is 1.75. The molecule has 2 N–H and O–H groups in total. The number of pyridine rings is 1. The van der Waals surface area contributed by atoms with Crippen LogP contribution in [0.1, 0.15) is 46.4 Å². The van der Waals surface area contributed by atoms with Gasteiger partial charge in [-0.15, -0.1) is 0 Å². The Morgan fingerprint density at radius 3 is 2.83 bits per heavy atom. The summed E-state index contributed by atoms with van der Waals surface area (Å²) in [5, 5.41) is 5.80. The van der Waals surface area contributed by atoms with Crippen molar-refractivity contribution in [1.82, 2.24) is 10.3 Å². The van der Waals surface area contributed by atoms with E-state index in [0.717, 1.165) is 66.4 Å². The SMILES string of the molecule is Cc1cc2c(nc1N1CCC(Oc3cccc4c3NC(=O)CC4)CC1)CNC2=O. The number of ether oxygens (including phenoxy) is 1. The second kappa shape index (κ2) is 7.06. The Morgan fingerprint density at radius 1 is 1.17 bits per heavy atom. The first-order valence-electron chi connectivity index (χ1n) is 10.2. The summed E-state index contributed by atoms with van der Waals surface area (Å²) in [7, 11) is 0. The van der Waals surface area contributed by atoms with Crippen LogP contribution in [0.4, 0.5) is 11.5 Å². The number of para-hydroxylation sites is 1. The second-order valence-electron chi connectivity index (χ2n) is 7.95. The highest BCUT2D eigenvalue weighted by Gasteiger charge is 2.27. The van der Waals surface area contributed by atoms with E-state index in [4.69, 9.17) is 9.72 Å². The van der Waals surface area contributed by atoms with Gasteiger partial charge in [-0.1, -0.05) is 12.1 Å². The van der Waals surface area contributed by atoms with E-state index in [9.17, 15) is 9.59 Å². The minimum atomic E-state index is -0.0347. The molecule has 0 bridgehead atoms. The topological polar surface area (TPSA) is 83.6 Å². The number of aromatic nitrogens is 1. The summed E-state index contributed by atoms with van der Waals surface area (Å²) in [6, 6.07) is 7.93. The van der Waals surface area contributed by atoms with Gasteiger partial charge in [-0.2, -0.15) is 0 Å². The van der Waals surface area contributed by atoms with Crippen LogP contribution in [-0.4, -0.2) is 36.0 Å². The van der Waals surface area contributed by atoms with Gasteiger partial charge in [0.2, 0.25) is 5.91 Å². The molecule has 1 aromatic heterocycles. The van der Waals surface area contributed by atoms with Crippen LogP contribution >= 0.6 is 0 Å². The van der Waals surface area contributed by atoms with E-state index in [0.29, 0.717) is 18.5 Å². The molecule has 1 aromatic carbocycles. The molecule has 150 valence electrons. The Morgan fingerprint density at radius 2 is 2.00 bits per heavy atom. The van der Waals surface area contributed by atoms with E-state index in [1.165, 1.54) is 0 Å². The summed E-state index contributed by atoms with van der Waals surface area (Å²) in [5.41, 5.74) is 4.53. The van der Waals surface area contributed by atoms with Crippen LogP contribution in [0.15, 0.2) is 24.3 Å². The molecule has 0 atom stereocenters. The van der Waals surface area contributed by atoms with Gasteiger partial charge in [-0.05, 0) is 36.6 Å². The van der Waals surface area contributed by atoms with Gasteiger partial charge in [0.15, 0.2) is 0 Å². The van der Waals surface area contributed by atoms with Crippen molar-refractivity contribution in [3.05, 3.63) is 46.6 Å². The maximum absolute atomic E-state index is 11.8. The summed E-state index contributed by atoms with van der Waals surface area (Å²) in [6.07, 6.45) is 3.16. The Hall–Kier alpha value is -3.09. The van der Waals surface area contributed by atoms with Gasteiger partial charge < -0.3 is 20.3 Å². The van der Waals surface area contributed by atoms with E-state index < -0.39 is 0 Å². The molecule has 2 aromatic rings. The number of carbonyl (C=O) groups is 2. The van der Waals surface area contributed by atoms with E-state index in [-0.39, 0.29) is 17.9 Å². The third kappa shape index (κ3) is 3.30. The third-order valence-electron chi connectivity index (χ3n) is 5.96. The van der Waals surface area contributed by atoms with E-state index >= 15 is 0 Å². The maximum Gasteiger partial charge on any atom is 0.253 e. The van der Waals surface area contributed by atoms with Gasteiger partial charge in [0.25, 0.3) is 5.91 Å². The molecule has 1 saturated heterocycles. The number of anilines is 2. The number of benzene rings is 1. The Labute approximate surface area is 169 Å². The van der Waals surface area contributed by atoms with Crippen molar-refractivity contribution in [2.45, 2.75) is 45.3 Å². The number of hydrogen-bond acceptors (Lipinski definition) is 5. The van der Waals surface area contributed by atoms with Crippen LogP contribution in [0.2, 0.25) is 0 Å². The first kappa shape index (κ1) is 18.0. The van der Waals surface area contributed by atoms with Crippen LogP contribution < -0.4 is 20.3 Å². The van der Waals surface area contributed by atoms with Crippen molar-refractivity contribution in [3.8, 4) is 5.75 Å². The van der Waals surface area contributed by atoms with Gasteiger partial charge in [0.1, 0.15) is 17.7 Å². The molecule has 0 radical (unpaired) electrons. The number of nitrogens with one attached hydrogen (secondary N) is 2. The predicted molar refractivity (Wildman–Crippen MR) is 109 cm³/mol. The zero-order valence-corrected chi connectivity index (χ0v) is 16.5. The van der Waals surface area contributed by atoms with Crippen molar-refractivity contribution >= 4 is 23.3 Å². The summed E-state index contributed by atoms with van der Waals surface area (Å²) >= 11 is 0.